The monoisotopic (exact) mass is 220 g/mol. The van der Waals surface area contributed by atoms with Crippen molar-refractivity contribution in [2.45, 2.75) is 19.4 Å². The predicted molar refractivity (Wildman–Crippen MR) is 63.3 cm³/mol. The molecule has 3 nitrogen and oxygen atoms in total. The van der Waals surface area contributed by atoms with Crippen LogP contribution in [0.25, 0.3) is 6.08 Å². The van der Waals surface area contributed by atoms with Crippen LogP contribution in [0.2, 0.25) is 0 Å². The standard InChI is InChI=1S/C13H16O3/c1-13(2)6-5-9-7-10(14-3)8-11(15-4)12(9)16-13/h5-8H,1-4H3. The first kappa shape index (κ1) is 10.9. The molecule has 0 saturated carbocycles. The fourth-order valence-corrected chi connectivity index (χ4v) is 1.69. The molecule has 86 valence electrons. The molecule has 1 heterocycles. The third kappa shape index (κ3) is 1.85. The van der Waals surface area contributed by atoms with Crippen LogP contribution in [0.3, 0.4) is 0 Å². The highest BCUT2D eigenvalue weighted by Gasteiger charge is 2.25. The summed E-state index contributed by atoms with van der Waals surface area (Å²) >= 11 is 0. The van der Waals surface area contributed by atoms with E-state index in [0.717, 1.165) is 17.1 Å². The zero-order chi connectivity index (χ0) is 11.8. The first-order chi connectivity index (χ1) is 7.55. The van der Waals surface area contributed by atoms with Gasteiger partial charge in [0.25, 0.3) is 0 Å². The van der Waals surface area contributed by atoms with Crippen molar-refractivity contribution in [3.05, 3.63) is 23.8 Å². The molecule has 3 heteroatoms. The van der Waals surface area contributed by atoms with Gasteiger partial charge in [-0.2, -0.15) is 0 Å². The summed E-state index contributed by atoms with van der Waals surface area (Å²) in [5.41, 5.74) is 0.685. The van der Waals surface area contributed by atoms with E-state index in [9.17, 15) is 0 Å². The van der Waals surface area contributed by atoms with E-state index in [1.54, 1.807) is 14.2 Å². The zero-order valence-electron chi connectivity index (χ0n) is 10.0. The van der Waals surface area contributed by atoms with Crippen molar-refractivity contribution in [1.29, 1.82) is 0 Å². The van der Waals surface area contributed by atoms with Gasteiger partial charge < -0.3 is 14.2 Å². The van der Waals surface area contributed by atoms with Crippen LogP contribution in [-0.2, 0) is 0 Å². The van der Waals surface area contributed by atoms with Gasteiger partial charge in [0.15, 0.2) is 11.5 Å². The molecule has 0 spiro atoms. The maximum atomic E-state index is 5.87. The van der Waals surface area contributed by atoms with Crippen molar-refractivity contribution in [2.24, 2.45) is 0 Å². The minimum absolute atomic E-state index is 0.297. The summed E-state index contributed by atoms with van der Waals surface area (Å²) in [5.74, 6) is 2.24. The second-order valence-electron chi connectivity index (χ2n) is 4.29. The van der Waals surface area contributed by atoms with Gasteiger partial charge in [0.1, 0.15) is 11.4 Å². The van der Waals surface area contributed by atoms with E-state index in [0.29, 0.717) is 5.75 Å². The van der Waals surface area contributed by atoms with E-state index in [-0.39, 0.29) is 5.60 Å². The van der Waals surface area contributed by atoms with E-state index >= 15 is 0 Å². The lowest BCUT2D eigenvalue weighted by molar-refractivity contribution is 0.152. The average Bonchev–Trinajstić information content (AvgIpc) is 2.26. The molecular formula is C13H16O3. The van der Waals surface area contributed by atoms with E-state index < -0.39 is 0 Å². The van der Waals surface area contributed by atoms with Crippen molar-refractivity contribution in [3.63, 3.8) is 0 Å². The Kier molecular flexibility index (Phi) is 2.54. The van der Waals surface area contributed by atoms with Gasteiger partial charge in [0, 0.05) is 11.6 Å². The molecule has 0 aromatic heterocycles. The minimum Gasteiger partial charge on any atom is -0.497 e. The molecule has 0 bridgehead atoms. The lowest BCUT2D eigenvalue weighted by atomic mass is 10.0. The molecule has 0 aliphatic carbocycles. The number of hydrogen-bond donors (Lipinski definition) is 0. The maximum Gasteiger partial charge on any atom is 0.169 e. The van der Waals surface area contributed by atoms with Crippen LogP contribution >= 0.6 is 0 Å². The molecule has 16 heavy (non-hydrogen) atoms. The van der Waals surface area contributed by atoms with Gasteiger partial charge in [0.2, 0.25) is 0 Å². The summed E-state index contributed by atoms with van der Waals surface area (Å²) in [6.45, 7) is 4.02. The summed E-state index contributed by atoms with van der Waals surface area (Å²) in [6.07, 6.45) is 4.05. The first-order valence-corrected chi connectivity index (χ1v) is 5.20. The predicted octanol–water partition coefficient (Wildman–Crippen LogP) is 2.89. The fourth-order valence-electron chi connectivity index (χ4n) is 1.69. The van der Waals surface area contributed by atoms with Crippen LogP contribution in [0.1, 0.15) is 19.4 Å². The molecule has 0 fully saturated rings. The second kappa shape index (κ2) is 3.74. The van der Waals surface area contributed by atoms with E-state index in [2.05, 4.69) is 0 Å². The number of benzene rings is 1. The lowest BCUT2D eigenvalue weighted by Crippen LogP contribution is -2.27. The summed E-state index contributed by atoms with van der Waals surface area (Å²) in [7, 11) is 3.27. The van der Waals surface area contributed by atoms with Gasteiger partial charge in [-0.1, -0.05) is 6.08 Å². The highest BCUT2D eigenvalue weighted by Crippen LogP contribution is 2.41. The SMILES string of the molecule is COc1cc2c(c(OC)c1)OC(C)(C)C=C2. The summed E-state index contributed by atoms with van der Waals surface area (Å²) < 4.78 is 16.4. The largest absolute Gasteiger partial charge is 0.497 e. The Hall–Kier alpha value is -1.64. The van der Waals surface area contributed by atoms with Crippen molar-refractivity contribution < 1.29 is 14.2 Å². The van der Waals surface area contributed by atoms with Crippen LogP contribution < -0.4 is 14.2 Å². The van der Waals surface area contributed by atoms with Crippen molar-refractivity contribution >= 4 is 6.08 Å². The molecule has 0 amide bonds. The second-order valence-corrected chi connectivity index (χ2v) is 4.29. The van der Waals surface area contributed by atoms with Crippen LogP contribution in [0, 0.1) is 0 Å². The summed E-state index contributed by atoms with van der Waals surface area (Å²) in [5, 5.41) is 0. The summed E-state index contributed by atoms with van der Waals surface area (Å²) in [6, 6.07) is 3.76. The first-order valence-electron chi connectivity index (χ1n) is 5.20. The highest BCUT2D eigenvalue weighted by molar-refractivity contribution is 5.67. The molecule has 0 saturated heterocycles. The Balaban J connectivity index is 2.53. The molecule has 0 atom stereocenters. The fraction of sp³-hybridized carbons (Fsp3) is 0.385. The maximum absolute atomic E-state index is 5.87. The van der Waals surface area contributed by atoms with E-state index in [1.165, 1.54) is 0 Å². The van der Waals surface area contributed by atoms with Gasteiger partial charge in [-0.25, -0.2) is 0 Å². The third-order valence-electron chi connectivity index (χ3n) is 2.54. The number of rotatable bonds is 2. The minimum atomic E-state index is -0.297. The average molecular weight is 220 g/mol. The molecule has 1 aromatic carbocycles. The Labute approximate surface area is 95.6 Å². The highest BCUT2D eigenvalue weighted by atomic mass is 16.5. The van der Waals surface area contributed by atoms with E-state index in [1.807, 2.05) is 38.1 Å². The quantitative estimate of drug-likeness (QED) is 0.767. The van der Waals surface area contributed by atoms with Crippen molar-refractivity contribution in [1.82, 2.24) is 0 Å². The molecule has 2 rings (SSSR count). The normalized spacial score (nSPS) is 16.2. The van der Waals surface area contributed by atoms with Crippen LogP contribution in [-0.4, -0.2) is 19.8 Å². The molecule has 1 aromatic rings. The Morgan fingerprint density at radius 3 is 2.50 bits per heavy atom. The molecular weight excluding hydrogens is 204 g/mol. The molecule has 0 unspecified atom stereocenters. The Morgan fingerprint density at radius 2 is 1.88 bits per heavy atom. The number of hydrogen-bond acceptors (Lipinski definition) is 3. The number of ether oxygens (including phenoxy) is 3. The number of fused-ring (bicyclic) bond motifs is 1. The van der Waals surface area contributed by atoms with Crippen LogP contribution in [0.15, 0.2) is 18.2 Å². The molecule has 1 aliphatic heterocycles. The van der Waals surface area contributed by atoms with Gasteiger partial charge in [-0.15, -0.1) is 0 Å². The van der Waals surface area contributed by atoms with Gasteiger partial charge in [-0.05, 0) is 26.0 Å². The van der Waals surface area contributed by atoms with Gasteiger partial charge in [0.05, 0.1) is 14.2 Å². The molecule has 0 radical (unpaired) electrons. The van der Waals surface area contributed by atoms with Gasteiger partial charge >= 0.3 is 0 Å². The van der Waals surface area contributed by atoms with Crippen LogP contribution in [0.5, 0.6) is 17.2 Å². The smallest absolute Gasteiger partial charge is 0.169 e. The summed E-state index contributed by atoms with van der Waals surface area (Å²) in [4.78, 5) is 0. The van der Waals surface area contributed by atoms with E-state index in [4.69, 9.17) is 14.2 Å². The van der Waals surface area contributed by atoms with Crippen molar-refractivity contribution in [3.8, 4) is 17.2 Å². The molecule has 0 N–H and O–H groups in total. The Bertz CT molecular complexity index is 433. The lowest BCUT2D eigenvalue weighted by Gasteiger charge is -2.29. The topological polar surface area (TPSA) is 27.7 Å². The number of methoxy groups -OCH3 is 2. The van der Waals surface area contributed by atoms with Crippen molar-refractivity contribution in [2.75, 3.05) is 14.2 Å². The zero-order valence-corrected chi connectivity index (χ0v) is 10.0. The Morgan fingerprint density at radius 1 is 1.12 bits per heavy atom. The molecule has 1 aliphatic rings. The third-order valence-corrected chi connectivity index (χ3v) is 2.54. The van der Waals surface area contributed by atoms with Gasteiger partial charge in [-0.3, -0.25) is 0 Å². The van der Waals surface area contributed by atoms with Crippen LogP contribution in [0.4, 0.5) is 0 Å².